The molecule has 1 aliphatic rings. The predicted octanol–water partition coefficient (Wildman–Crippen LogP) is 5.48. The van der Waals surface area contributed by atoms with Crippen molar-refractivity contribution in [3.63, 3.8) is 0 Å². The fourth-order valence-electron chi connectivity index (χ4n) is 3.94. The number of carboxylic acids is 1. The van der Waals surface area contributed by atoms with Crippen molar-refractivity contribution in [3.05, 3.63) is 107 Å². The van der Waals surface area contributed by atoms with Crippen molar-refractivity contribution in [2.24, 2.45) is 0 Å². The molecule has 0 saturated carbocycles. The Bertz CT molecular complexity index is 1200. The number of hydrogen-bond donors (Lipinski definition) is 2. The van der Waals surface area contributed by atoms with Crippen LogP contribution >= 0.6 is 0 Å². The number of hydrogen-bond acceptors (Lipinski definition) is 3. The van der Waals surface area contributed by atoms with E-state index < -0.39 is 17.9 Å². The van der Waals surface area contributed by atoms with E-state index in [1.165, 1.54) is 29.3 Å². The van der Waals surface area contributed by atoms with Crippen LogP contribution in [-0.4, -0.2) is 30.3 Å². The summed E-state index contributed by atoms with van der Waals surface area (Å²) in [6.07, 6.45) is 4.97. The minimum Gasteiger partial charge on any atom is -0.478 e. The monoisotopic (exact) mass is 443 g/mol. The fraction of sp³-hybridized carbons (Fsp3) is 0.111. The van der Waals surface area contributed by atoms with Gasteiger partial charge in [-0.2, -0.15) is 0 Å². The lowest BCUT2D eigenvalue weighted by atomic mass is 9.98. The number of aliphatic carboxylic acids is 1. The highest BCUT2D eigenvalue weighted by Gasteiger charge is 2.28. The molecule has 0 fully saturated rings. The van der Waals surface area contributed by atoms with Crippen LogP contribution < -0.4 is 5.32 Å². The molecule has 0 aliphatic heterocycles. The predicted molar refractivity (Wildman–Crippen MR) is 125 cm³/mol. The van der Waals surface area contributed by atoms with Gasteiger partial charge in [0.1, 0.15) is 12.4 Å². The topological polar surface area (TPSA) is 75.6 Å². The Balaban J connectivity index is 1.32. The smallest absolute Gasteiger partial charge is 0.407 e. The molecule has 1 aliphatic carbocycles. The minimum atomic E-state index is -1.15. The van der Waals surface area contributed by atoms with E-state index in [0.29, 0.717) is 5.56 Å². The van der Waals surface area contributed by atoms with Crippen LogP contribution in [0.2, 0.25) is 0 Å². The number of carbonyl (C=O) groups is 2. The molecular formula is C27H22FNO4. The normalized spacial score (nSPS) is 12.6. The second-order valence-electron chi connectivity index (χ2n) is 7.56. The third-order valence-electron chi connectivity index (χ3n) is 5.44. The molecule has 6 heteroatoms. The zero-order valence-electron chi connectivity index (χ0n) is 17.7. The van der Waals surface area contributed by atoms with Gasteiger partial charge in [0, 0.05) is 24.1 Å². The summed E-state index contributed by atoms with van der Waals surface area (Å²) in [6.45, 7) is 0.467. The van der Waals surface area contributed by atoms with Crippen LogP contribution in [0.3, 0.4) is 0 Å². The summed E-state index contributed by atoms with van der Waals surface area (Å²) >= 11 is 0. The van der Waals surface area contributed by atoms with Crippen molar-refractivity contribution < 1.29 is 23.8 Å². The maximum absolute atomic E-state index is 13.8. The van der Waals surface area contributed by atoms with Gasteiger partial charge in [-0.1, -0.05) is 66.7 Å². The van der Waals surface area contributed by atoms with Gasteiger partial charge in [0.05, 0.1) is 0 Å². The second-order valence-corrected chi connectivity index (χ2v) is 7.56. The molecule has 1 amide bonds. The summed E-state index contributed by atoms with van der Waals surface area (Å²) in [5, 5.41) is 11.4. The number of fused-ring (bicyclic) bond motifs is 3. The zero-order valence-corrected chi connectivity index (χ0v) is 17.7. The lowest BCUT2D eigenvalue weighted by molar-refractivity contribution is -0.131. The third-order valence-corrected chi connectivity index (χ3v) is 5.44. The SMILES string of the molecule is O=C(O)/C=C/c1cc(C=CCNC(=O)OCC2c3ccccc3-c3ccccc32)ccc1F. The Labute approximate surface area is 190 Å². The fourth-order valence-corrected chi connectivity index (χ4v) is 3.94. The number of ether oxygens (including phenoxy) is 1. The first kappa shape index (κ1) is 22.0. The number of benzene rings is 3. The van der Waals surface area contributed by atoms with Gasteiger partial charge in [0.25, 0.3) is 0 Å². The Morgan fingerprint density at radius 1 is 0.970 bits per heavy atom. The summed E-state index contributed by atoms with van der Waals surface area (Å²) < 4.78 is 19.3. The van der Waals surface area contributed by atoms with E-state index in [0.717, 1.165) is 17.2 Å². The van der Waals surface area contributed by atoms with Gasteiger partial charge in [0.2, 0.25) is 0 Å². The first-order valence-corrected chi connectivity index (χ1v) is 10.5. The van der Waals surface area contributed by atoms with E-state index in [2.05, 4.69) is 29.6 Å². The van der Waals surface area contributed by atoms with Crippen molar-refractivity contribution in [2.75, 3.05) is 13.2 Å². The van der Waals surface area contributed by atoms with Crippen molar-refractivity contribution in [3.8, 4) is 11.1 Å². The molecule has 166 valence electrons. The van der Waals surface area contributed by atoms with E-state index in [9.17, 15) is 14.0 Å². The highest BCUT2D eigenvalue weighted by Crippen LogP contribution is 2.44. The highest BCUT2D eigenvalue weighted by atomic mass is 19.1. The Hall–Kier alpha value is -4.19. The summed E-state index contributed by atoms with van der Waals surface area (Å²) in [5.74, 6) is -1.67. The largest absolute Gasteiger partial charge is 0.478 e. The maximum atomic E-state index is 13.8. The van der Waals surface area contributed by atoms with Crippen LogP contribution in [-0.2, 0) is 9.53 Å². The van der Waals surface area contributed by atoms with E-state index >= 15 is 0 Å². The Kier molecular flexibility index (Phi) is 6.64. The summed E-state index contributed by atoms with van der Waals surface area (Å²) in [7, 11) is 0. The van der Waals surface area contributed by atoms with Gasteiger partial charge >= 0.3 is 12.1 Å². The molecule has 0 spiro atoms. The van der Waals surface area contributed by atoms with E-state index in [-0.39, 0.29) is 24.6 Å². The molecule has 0 unspecified atom stereocenters. The van der Waals surface area contributed by atoms with E-state index in [1.54, 1.807) is 18.2 Å². The average molecular weight is 443 g/mol. The molecule has 0 radical (unpaired) electrons. The first-order chi connectivity index (χ1) is 16.0. The van der Waals surface area contributed by atoms with Gasteiger partial charge in [-0.05, 0) is 46.0 Å². The number of alkyl carbamates (subject to hydrolysis) is 1. The van der Waals surface area contributed by atoms with Crippen LogP contribution in [0.5, 0.6) is 0 Å². The number of halogens is 1. The molecule has 0 saturated heterocycles. The standard InChI is InChI=1S/C27H22FNO4/c28-25-13-11-18(16-19(25)12-14-26(30)31)6-5-15-29-27(32)33-17-24-22-9-3-1-7-20(22)21-8-2-4-10-23(21)24/h1-14,16,24H,15,17H2,(H,29,32)(H,30,31)/b6-5?,14-12+. The molecule has 0 heterocycles. The van der Waals surface area contributed by atoms with Gasteiger partial charge in [-0.15, -0.1) is 0 Å². The molecule has 2 N–H and O–H groups in total. The van der Waals surface area contributed by atoms with Crippen molar-refractivity contribution >= 4 is 24.2 Å². The Morgan fingerprint density at radius 2 is 1.64 bits per heavy atom. The lowest BCUT2D eigenvalue weighted by Gasteiger charge is -2.14. The molecule has 3 aromatic rings. The first-order valence-electron chi connectivity index (χ1n) is 10.5. The minimum absolute atomic E-state index is 0.00446. The zero-order chi connectivity index (χ0) is 23.2. The van der Waals surface area contributed by atoms with Crippen LogP contribution in [0.4, 0.5) is 9.18 Å². The Morgan fingerprint density at radius 3 is 2.30 bits per heavy atom. The number of carboxylic acid groups (broad SMARTS) is 1. The van der Waals surface area contributed by atoms with Crippen molar-refractivity contribution in [2.45, 2.75) is 5.92 Å². The van der Waals surface area contributed by atoms with Gasteiger partial charge in [0.15, 0.2) is 0 Å². The second kappa shape index (κ2) is 9.96. The molecule has 5 nitrogen and oxygen atoms in total. The summed E-state index contributed by atoms with van der Waals surface area (Å²) in [4.78, 5) is 22.8. The molecule has 33 heavy (non-hydrogen) atoms. The average Bonchev–Trinajstić information content (AvgIpc) is 3.14. The highest BCUT2D eigenvalue weighted by molar-refractivity contribution is 5.85. The number of carbonyl (C=O) groups excluding carboxylic acids is 1. The molecule has 0 aromatic heterocycles. The molecule has 0 atom stereocenters. The van der Waals surface area contributed by atoms with Crippen LogP contribution in [0, 0.1) is 5.82 Å². The molecule has 3 aromatic carbocycles. The van der Waals surface area contributed by atoms with E-state index in [1.807, 2.05) is 24.3 Å². The number of nitrogens with one attached hydrogen (secondary N) is 1. The number of amides is 1. The van der Waals surface area contributed by atoms with Gasteiger partial charge in [-0.25, -0.2) is 14.0 Å². The third kappa shape index (κ3) is 5.18. The van der Waals surface area contributed by atoms with Crippen LogP contribution in [0.1, 0.15) is 28.2 Å². The molecule has 0 bridgehead atoms. The van der Waals surface area contributed by atoms with Crippen molar-refractivity contribution in [1.82, 2.24) is 5.32 Å². The van der Waals surface area contributed by atoms with Crippen LogP contribution in [0.25, 0.3) is 23.3 Å². The van der Waals surface area contributed by atoms with Crippen molar-refractivity contribution in [1.29, 1.82) is 0 Å². The maximum Gasteiger partial charge on any atom is 0.407 e. The van der Waals surface area contributed by atoms with Gasteiger partial charge < -0.3 is 15.2 Å². The molecular weight excluding hydrogens is 421 g/mol. The number of rotatable bonds is 7. The summed E-state index contributed by atoms with van der Waals surface area (Å²) in [6, 6.07) is 20.6. The lowest BCUT2D eigenvalue weighted by Crippen LogP contribution is -2.26. The van der Waals surface area contributed by atoms with Gasteiger partial charge in [-0.3, -0.25) is 0 Å². The summed E-state index contributed by atoms with van der Waals surface area (Å²) in [5.41, 5.74) is 5.48. The van der Waals surface area contributed by atoms with Crippen LogP contribution in [0.15, 0.2) is 78.9 Å². The molecule has 4 rings (SSSR count). The quantitative estimate of drug-likeness (QED) is 0.475. The van der Waals surface area contributed by atoms with E-state index in [4.69, 9.17) is 9.84 Å².